The number of amides is 4. The minimum absolute atomic E-state index is 0.133. The van der Waals surface area contributed by atoms with Crippen LogP contribution < -0.4 is 15.4 Å². The van der Waals surface area contributed by atoms with E-state index in [0.717, 1.165) is 29.7 Å². The molecule has 1 heterocycles. The first-order valence-electron chi connectivity index (χ1n) is 11.4. The number of nitrogens with one attached hydrogen (secondary N) is 2. The fraction of sp³-hybridized carbons (Fsp3) is 0.625. The van der Waals surface area contributed by atoms with Gasteiger partial charge in [0.1, 0.15) is 17.8 Å². The molecular formula is C24H31N3O4. The molecule has 4 amide bonds. The van der Waals surface area contributed by atoms with Crippen LogP contribution >= 0.6 is 0 Å². The molecule has 1 aromatic carbocycles. The van der Waals surface area contributed by atoms with Crippen LogP contribution in [0, 0.1) is 17.8 Å². The molecule has 1 aliphatic heterocycles. The van der Waals surface area contributed by atoms with Crippen molar-refractivity contribution in [2.75, 3.05) is 13.7 Å². The third-order valence-corrected chi connectivity index (χ3v) is 7.83. The topological polar surface area (TPSA) is 87.7 Å². The van der Waals surface area contributed by atoms with Crippen LogP contribution in [0.4, 0.5) is 4.79 Å². The van der Waals surface area contributed by atoms with Crippen molar-refractivity contribution < 1.29 is 19.1 Å². The minimum atomic E-state index is -1.10. The van der Waals surface area contributed by atoms with Crippen LogP contribution in [-0.4, -0.2) is 47.5 Å². The van der Waals surface area contributed by atoms with Gasteiger partial charge in [0.05, 0.1) is 7.11 Å². The van der Waals surface area contributed by atoms with E-state index in [1.165, 1.54) is 19.3 Å². The number of carbonyl (C=O) groups excluding carboxylic acids is 3. The maximum Gasteiger partial charge on any atom is 0.325 e. The zero-order chi connectivity index (χ0) is 21.8. The van der Waals surface area contributed by atoms with Gasteiger partial charge in [-0.3, -0.25) is 14.5 Å². The molecule has 0 spiro atoms. The molecule has 0 radical (unpaired) electrons. The Labute approximate surface area is 182 Å². The molecule has 1 saturated heterocycles. The first-order chi connectivity index (χ1) is 14.8. The number of rotatable bonds is 6. The number of urea groups is 1. The molecule has 5 aliphatic rings. The van der Waals surface area contributed by atoms with Gasteiger partial charge in [0, 0.05) is 12.0 Å². The number of methoxy groups -OCH3 is 1. The number of nitrogens with zero attached hydrogens (tertiary/aromatic N) is 1. The predicted molar refractivity (Wildman–Crippen MR) is 114 cm³/mol. The summed E-state index contributed by atoms with van der Waals surface area (Å²) in [5, 5.41) is 6.05. The van der Waals surface area contributed by atoms with E-state index in [0.29, 0.717) is 29.9 Å². The quantitative estimate of drug-likeness (QED) is 0.686. The average molecular weight is 426 g/mol. The van der Waals surface area contributed by atoms with E-state index in [1.807, 2.05) is 24.3 Å². The van der Waals surface area contributed by atoms with Gasteiger partial charge in [-0.25, -0.2) is 4.79 Å². The summed E-state index contributed by atoms with van der Waals surface area (Å²) in [4.78, 5) is 39.8. The summed E-state index contributed by atoms with van der Waals surface area (Å²) in [6.07, 6.45) is 7.30. The molecule has 166 valence electrons. The van der Waals surface area contributed by atoms with Crippen molar-refractivity contribution in [1.29, 1.82) is 0 Å². The van der Waals surface area contributed by atoms with Gasteiger partial charge in [-0.1, -0.05) is 18.2 Å². The van der Waals surface area contributed by atoms with Crippen molar-refractivity contribution in [3.05, 3.63) is 29.8 Å². The Balaban J connectivity index is 1.26. The third-order valence-electron chi connectivity index (χ3n) is 7.83. The monoisotopic (exact) mass is 425 g/mol. The van der Waals surface area contributed by atoms with E-state index >= 15 is 0 Å². The second-order valence-electron chi connectivity index (χ2n) is 10.4. The van der Waals surface area contributed by atoms with Crippen LogP contribution in [0.2, 0.25) is 0 Å². The first-order valence-corrected chi connectivity index (χ1v) is 11.4. The van der Waals surface area contributed by atoms with E-state index in [2.05, 4.69) is 10.6 Å². The minimum Gasteiger partial charge on any atom is -0.496 e. The molecule has 2 N–H and O–H groups in total. The predicted octanol–water partition coefficient (Wildman–Crippen LogP) is 2.63. The highest BCUT2D eigenvalue weighted by atomic mass is 16.5. The van der Waals surface area contributed by atoms with Gasteiger partial charge >= 0.3 is 6.03 Å². The number of imide groups is 1. The highest BCUT2D eigenvalue weighted by Crippen LogP contribution is 2.55. The van der Waals surface area contributed by atoms with Crippen molar-refractivity contribution in [2.45, 2.75) is 62.9 Å². The van der Waals surface area contributed by atoms with Crippen molar-refractivity contribution >= 4 is 17.8 Å². The van der Waals surface area contributed by atoms with E-state index in [4.69, 9.17) is 4.74 Å². The van der Waals surface area contributed by atoms with Crippen LogP contribution in [0.5, 0.6) is 5.75 Å². The van der Waals surface area contributed by atoms with Crippen molar-refractivity contribution in [1.82, 2.24) is 15.5 Å². The third kappa shape index (κ3) is 3.58. The van der Waals surface area contributed by atoms with Gasteiger partial charge in [-0.15, -0.1) is 0 Å². The lowest BCUT2D eigenvalue weighted by Crippen LogP contribution is -2.61. The van der Waals surface area contributed by atoms with Crippen molar-refractivity contribution in [2.24, 2.45) is 17.8 Å². The summed E-state index contributed by atoms with van der Waals surface area (Å²) in [5.74, 6) is 2.21. The molecule has 4 aliphatic carbocycles. The standard InChI is InChI=1S/C24H31N3O4/c1-23(13-18-5-3-4-6-19(18)31-2)21(29)27(22(30)26-23)14-20(28)25-24-10-15-7-16(11-24)9-17(8-15)12-24/h3-6,15-17H,7-14H2,1-2H3,(H,25,28)(H,26,30)/t15?,16?,17?,23-,24?/m1/s1. The van der Waals surface area contributed by atoms with E-state index in [9.17, 15) is 14.4 Å². The molecule has 7 nitrogen and oxygen atoms in total. The zero-order valence-corrected chi connectivity index (χ0v) is 18.3. The number of para-hydroxylation sites is 1. The Morgan fingerprint density at radius 1 is 1.13 bits per heavy atom. The van der Waals surface area contributed by atoms with Crippen LogP contribution in [0.15, 0.2) is 24.3 Å². The van der Waals surface area contributed by atoms with Gasteiger partial charge in [0.15, 0.2) is 0 Å². The molecule has 5 fully saturated rings. The van der Waals surface area contributed by atoms with Crippen LogP contribution in [0.25, 0.3) is 0 Å². The Bertz CT molecular complexity index is 894. The smallest absolute Gasteiger partial charge is 0.325 e. The first kappa shape index (κ1) is 20.3. The summed E-state index contributed by atoms with van der Waals surface area (Å²) in [6, 6.07) is 6.94. The van der Waals surface area contributed by atoms with E-state index in [1.54, 1.807) is 14.0 Å². The lowest BCUT2D eigenvalue weighted by atomic mass is 9.53. The Kier molecular flexibility index (Phi) is 4.75. The van der Waals surface area contributed by atoms with Gasteiger partial charge < -0.3 is 15.4 Å². The lowest BCUT2D eigenvalue weighted by Gasteiger charge is -2.56. The largest absolute Gasteiger partial charge is 0.496 e. The molecule has 4 saturated carbocycles. The van der Waals surface area contributed by atoms with Crippen LogP contribution in [-0.2, 0) is 16.0 Å². The number of hydrogen-bond acceptors (Lipinski definition) is 4. The van der Waals surface area contributed by atoms with E-state index < -0.39 is 11.6 Å². The van der Waals surface area contributed by atoms with Gasteiger partial charge in [0.2, 0.25) is 5.91 Å². The average Bonchev–Trinajstić information content (AvgIpc) is 2.90. The molecular weight excluding hydrogens is 394 g/mol. The van der Waals surface area contributed by atoms with Crippen LogP contribution in [0.1, 0.15) is 51.0 Å². The second kappa shape index (κ2) is 7.24. The summed E-state index contributed by atoms with van der Waals surface area (Å²) >= 11 is 0. The van der Waals surface area contributed by atoms with Crippen molar-refractivity contribution in [3.63, 3.8) is 0 Å². The number of carbonyl (C=O) groups is 3. The van der Waals surface area contributed by atoms with E-state index in [-0.39, 0.29) is 23.9 Å². The molecule has 1 aromatic rings. The van der Waals surface area contributed by atoms with Crippen LogP contribution in [0.3, 0.4) is 0 Å². The Morgan fingerprint density at radius 2 is 1.74 bits per heavy atom. The Morgan fingerprint density at radius 3 is 2.35 bits per heavy atom. The fourth-order valence-corrected chi connectivity index (χ4v) is 6.98. The Hall–Kier alpha value is -2.57. The molecule has 0 aromatic heterocycles. The summed E-state index contributed by atoms with van der Waals surface area (Å²) in [7, 11) is 1.58. The number of hydrogen-bond donors (Lipinski definition) is 2. The SMILES string of the molecule is COc1ccccc1C[C@@]1(C)NC(=O)N(CC(=O)NC23CC4CC(CC(C4)C2)C3)C1=O. The van der Waals surface area contributed by atoms with Crippen molar-refractivity contribution in [3.8, 4) is 5.75 Å². The molecule has 1 atom stereocenters. The summed E-state index contributed by atoms with van der Waals surface area (Å²) in [6.45, 7) is 1.48. The maximum absolute atomic E-state index is 13.2. The fourth-order valence-electron chi connectivity index (χ4n) is 6.98. The molecule has 4 bridgehead atoms. The number of benzene rings is 1. The zero-order valence-electron chi connectivity index (χ0n) is 18.3. The van der Waals surface area contributed by atoms with Gasteiger partial charge in [-0.05, 0) is 74.8 Å². The lowest BCUT2D eigenvalue weighted by molar-refractivity contribution is -0.136. The molecule has 0 unspecified atom stereocenters. The number of ether oxygens (including phenoxy) is 1. The van der Waals surface area contributed by atoms with Gasteiger partial charge in [0.25, 0.3) is 5.91 Å². The summed E-state index contributed by atoms with van der Waals surface area (Å²) in [5.41, 5.74) is -0.403. The molecule has 6 rings (SSSR count). The molecule has 7 heteroatoms. The molecule has 31 heavy (non-hydrogen) atoms. The second-order valence-corrected chi connectivity index (χ2v) is 10.4. The highest BCUT2D eigenvalue weighted by Gasteiger charge is 2.53. The summed E-state index contributed by atoms with van der Waals surface area (Å²) < 4.78 is 5.39. The maximum atomic E-state index is 13.2. The normalized spacial score (nSPS) is 35.9. The van der Waals surface area contributed by atoms with Gasteiger partial charge in [-0.2, -0.15) is 0 Å². The highest BCUT2D eigenvalue weighted by molar-refractivity contribution is 6.09.